The van der Waals surface area contributed by atoms with Gasteiger partial charge >= 0.3 is 5.97 Å². The van der Waals surface area contributed by atoms with E-state index in [-0.39, 0.29) is 30.0 Å². The molecule has 178 valence electrons. The number of hydrogen-bond donors (Lipinski definition) is 0. The molecular formula is C26H33FN2O4. The van der Waals surface area contributed by atoms with Crippen molar-refractivity contribution in [2.24, 2.45) is 5.92 Å². The first kappa shape index (κ1) is 24.7. The SMILES string of the molecule is CCn1c(C)c(C(=O)C(C)N(Cc2ccc(F)cc2)C(=O)C2CCCC2)c(C)c1C(=O)OC. The van der Waals surface area contributed by atoms with Crippen molar-refractivity contribution >= 4 is 17.7 Å². The minimum Gasteiger partial charge on any atom is -0.464 e. The van der Waals surface area contributed by atoms with Crippen molar-refractivity contribution < 1.29 is 23.5 Å². The maximum Gasteiger partial charge on any atom is 0.354 e. The summed E-state index contributed by atoms with van der Waals surface area (Å²) in [7, 11) is 1.32. The maximum atomic E-state index is 13.8. The van der Waals surface area contributed by atoms with Crippen LogP contribution in [0.3, 0.4) is 0 Å². The van der Waals surface area contributed by atoms with E-state index >= 15 is 0 Å². The quantitative estimate of drug-likeness (QED) is 0.421. The molecule has 1 saturated carbocycles. The van der Waals surface area contributed by atoms with E-state index in [2.05, 4.69) is 0 Å². The monoisotopic (exact) mass is 456 g/mol. The van der Waals surface area contributed by atoms with Gasteiger partial charge in [0.15, 0.2) is 5.78 Å². The molecule has 1 aliphatic rings. The lowest BCUT2D eigenvalue weighted by atomic mass is 9.97. The number of carbonyl (C=O) groups excluding carboxylic acids is 3. The molecule has 1 unspecified atom stereocenters. The van der Waals surface area contributed by atoms with Crippen LogP contribution in [0, 0.1) is 25.6 Å². The summed E-state index contributed by atoms with van der Waals surface area (Å²) in [6.07, 6.45) is 3.64. The van der Waals surface area contributed by atoms with Crippen LogP contribution in [0.25, 0.3) is 0 Å². The number of ether oxygens (including phenoxy) is 1. The molecule has 1 aromatic heterocycles. The Morgan fingerprint density at radius 2 is 1.76 bits per heavy atom. The van der Waals surface area contributed by atoms with Gasteiger partial charge in [0.1, 0.15) is 11.5 Å². The molecule has 3 rings (SSSR count). The molecule has 1 fully saturated rings. The van der Waals surface area contributed by atoms with E-state index in [1.54, 1.807) is 35.4 Å². The molecule has 1 amide bonds. The van der Waals surface area contributed by atoms with Crippen LogP contribution in [-0.4, -0.2) is 40.3 Å². The Bertz CT molecular complexity index is 1040. The maximum absolute atomic E-state index is 13.8. The molecule has 0 N–H and O–H groups in total. The molecule has 1 aliphatic carbocycles. The van der Waals surface area contributed by atoms with Gasteiger partial charge in [0.2, 0.25) is 5.91 Å². The lowest BCUT2D eigenvalue weighted by Gasteiger charge is -2.31. The Morgan fingerprint density at radius 3 is 2.30 bits per heavy atom. The molecule has 6 nitrogen and oxygen atoms in total. The Balaban J connectivity index is 2.00. The summed E-state index contributed by atoms with van der Waals surface area (Å²) >= 11 is 0. The third-order valence-electron chi connectivity index (χ3n) is 6.81. The summed E-state index contributed by atoms with van der Waals surface area (Å²) < 4.78 is 20.1. The highest BCUT2D eigenvalue weighted by Crippen LogP contribution is 2.30. The van der Waals surface area contributed by atoms with Crippen LogP contribution in [0.15, 0.2) is 24.3 Å². The smallest absolute Gasteiger partial charge is 0.354 e. The number of amides is 1. The first-order valence-corrected chi connectivity index (χ1v) is 11.6. The molecule has 1 aromatic carbocycles. The number of Topliss-reactive ketones (excluding diaryl/α,β-unsaturated/α-hetero) is 1. The number of ketones is 1. The number of aromatic nitrogens is 1. The number of carbonyl (C=O) groups is 3. The molecule has 0 radical (unpaired) electrons. The normalized spacial score (nSPS) is 14.8. The van der Waals surface area contributed by atoms with Gasteiger partial charge in [0.05, 0.1) is 13.2 Å². The average Bonchev–Trinajstić information content (AvgIpc) is 3.43. The van der Waals surface area contributed by atoms with Crippen molar-refractivity contribution in [3.05, 3.63) is 58.2 Å². The number of rotatable bonds is 8. The fourth-order valence-electron chi connectivity index (χ4n) is 4.96. The van der Waals surface area contributed by atoms with Gasteiger partial charge in [-0.3, -0.25) is 9.59 Å². The van der Waals surface area contributed by atoms with Crippen LogP contribution in [0.2, 0.25) is 0 Å². The molecule has 1 heterocycles. The third kappa shape index (κ3) is 4.87. The van der Waals surface area contributed by atoms with E-state index in [4.69, 9.17) is 4.74 Å². The van der Waals surface area contributed by atoms with Gasteiger partial charge in [0, 0.05) is 30.3 Å². The lowest BCUT2D eigenvalue weighted by Crippen LogP contribution is -2.45. The van der Waals surface area contributed by atoms with Crippen molar-refractivity contribution in [2.75, 3.05) is 7.11 Å². The van der Waals surface area contributed by atoms with Crippen LogP contribution >= 0.6 is 0 Å². The summed E-state index contributed by atoms with van der Waals surface area (Å²) in [5.74, 6) is -1.20. The van der Waals surface area contributed by atoms with E-state index in [1.807, 2.05) is 13.8 Å². The third-order valence-corrected chi connectivity index (χ3v) is 6.81. The van der Waals surface area contributed by atoms with Gasteiger partial charge in [-0.1, -0.05) is 25.0 Å². The van der Waals surface area contributed by atoms with E-state index in [9.17, 15) is 18.8 Å². The topological polar surface area (TPSA) is 68.6 Å². The molecule has 1 atom stereocenters. The zero-order valence-corrected chi connectivity index (χ0v) is 20.1. The molecule has 0 bridgehead atoms. The summed E-state index contributed by atoms with van der Waals surface area (Å²) in [6.45, 7) is 7.93. The van der Waals surface area contributed by atoms with Gasteiger partial charge in [0.25, 0.3) is 0 Å². The van der Waals surface area contributed by atoms with Gasteiger partial charge in [-0.2, -0.15) is 0 Å². The van der Waals surface area contributed by atoms with Gasteiger partial charge in [-0.25, -0.2) is 9.18 Å². The number of halogens is 1. The van der Waals surface area contributed by atoms with E-state index in [0.29, 0.717) is 29.1 Å². The lowest BCUT2D eigenvalue weighted by molar-refractivity contribution is -0.137. The Labute approximate surface area is 194 Å². The zero-order chi connectivity index (χ0) is 24.3. The number of esters is 1. The summed E-state index contributed by atoms with van der Waals surface area (Å²) in [5.41, 5.74) is 2.82. The van der Waals surface area contributed by atoms with E-state index < -0.39 is 12.0 Å². The van der Waals surface area contributed by atoms with Crippen molar-refractivity contribution in [3.63, 3.8) is 0 Å². The van der Waals surface area contributed by atoms with Crippen molar-refractivity contribution in [3.8, 4) is 0 Å². The first-order chi connectivity index (χ1) is 15.7. The molecular weight excluding hydrogens is 423 g/mol. The highest BCUT2D eigenvalue weighted by atomic mass is 19.1. The predicted octanol–water partition coefficient (Wildman–Crippen LogP) is 4.84. The van der Waals surface area contributed by atoms with Crippen LogP contribution in [0.1, 0.15) is 77.2 Å². The first-order valence-electron chi connectivity index (χ1n) is 11.6. The number of methoxy groups -OCH3 is 1. The number of benzene rings is 1. The minimum absolute atomic E-state index is 0.0453. The van der Waals surface area contributed by atoms with Crippen molar-refractivity contribution in [1.29, 1.82) is 0 Å². The summed E-state index contributed by atoms with van der Waals surface area (Å²) in [4.78, 5) is 41.3. The van der Waals surface area contributed by atoms with Crippen LogP contribution in [0.5, 0.6) is 0 Å². The Kier molecular flexibility index (Phi) is 7.72. The number of nitrogens with zero attached hydrogens (tertiary/aromatic N) is 2. The standard InChI is InChI=1S/C26H33FN2O4/c1-6-28-17(3)22(16(2)23(28)26(32)33-5)24(30)18(4)29(25(31)20-9-7-8-10-20)15-19-11-13-21(27)14-12-19/h11-14,18,20H,6-10,15H2,1-5H3. The van der Waals surface area contributed by atoms with E-state index in [1.165, 1.54) is 19.2 Å². The highest BCUT2D eigenvalue weighted by molar-refractivity contribution is 6.06. The fourth-order valence-corrected chi connectivity index (χ4v) is 4.96. The van der Waals surface area contributed by atoms with Gasteiger partial charge in [-0.15, -0.1) is 0 Å². The second-order valence-electron chi connectivity index (χ2n) is 8.78. The minimum atomic E-state index is -0.737. The summed E-state index contributed by atoms with van der Waals surface area (Å²) in [5, 5.41) is 0. The second kappa shape index (κ2) is 10.3. The second-order valence-corrected chi connectivity index (χ2v) is 8.78. The Hall–Kier alpha value is -2.96. The average molecular weight is 457 g/mol. The molecule has 0 spiro atoms. The van der Waals surface area contributed by atoms with Gasteiger partial charge < -0.3 is 14.2 Å². The zero-order valence-electron chi connectivity index (χ0n) is 20.1. The molecule has 7 heteroatoms. The summed E-state index contributed by atoms with van der Waals surface area (Å²) in [6, 6.07) is 5.26. The van der Waals surface area contributed by atoms with Crippen LogP contribution in [-0.2, 0) is 22.6 Å². The van der Waals surface area contributed by atoms with Crippen molar-refractivity contribution in [1.82, 2.24) is 9.47 Å². The Morgan fingerprint density at radius 1 is 1.15 bits per heavy atom. The highest BCUT2D eigenvalue weighted by Gasteiger charge is 2.36. The number of hydrogen-bond acceptors (Lipinski definition) is 4. The molecule has 33 heavy (non-hydrogen) atoms. The van der Waals surface area contributed by atoms with Gasteiger partial charge in [-0.05, 0) is 63.8 Å². The molecule has 0 aliphatic heterocycles. The van der Waals surface area contributed by atoms with Crippen molar-refractivity contribution in [2.45, 2.75) is 72.5 Å². The molecule has 2 aromatic rings. The predicted molar refractivity (Wildman–Crippen MR) is 124 cm³/mol. The van der Waals surface area contributed by atoms with E-state index in [0.717, 1.165) is 31.2 Å². The molecule has 0 saturated heterocycles. The van der Waals surface area contributed by atoms with Crippen LogP contribution in [0.4, 0.5) is 4.39 Å². The largest absolute Gasteiger partial charge is 0.464 e. The fraction of sp³-hybridized carbons (Fsp3) is 0.500. The van der Waals surface area contributed by atoms with Crippen LogP contribution < -0.4 is 0 Å².